The van der Waals surface area contributed by atoms with Crippen LogP contribution in [0.15, 0.2) is 205 Å². The van der Waals surface area contributed by atoms with Gasteiger partial charge >= 0.3 is 7.12 Å². The largest absolute Gasteiger partial charge is 0.495 e. The van der Waals surface area contributed by atoms with E-state index in [4.69, 9.17) is 77.3 Å². The van der Waals surface area contributed by atoms with Crippen molar-refractivity contribution >= 4 is 231 Å². The van der Waals surface area contributed by atoms with Gasteiger partial charge in [-0.25, -0.2) is 13.2 Å². The van der Waals surface area contributed by atoms with E-state index in [1.807, 2.05) is 172 Å². The lowest BCUT2D eigenvalue weighted by molar-refractivity contribution is -0.0416. The number of ether oxygens (including phenoxy) is 7. The monoisotopic (exact) mass is 2330 g/mol. The van der Waals surface area contributed by atoms with Crippen molar-refractivity contribution in [2.45, 2.75) is 208 Å². The Morgan fingerprint density at radius 2 is 0.843 bits per heavy atom. The molecule has 140 heavy (non-hydrogen) atoms. The SMILES string of the molecule is Brc1ccc(C2OCCO2)s1.CC1(C)OB(c2cc(F)c3c(c2)OC(c2ccc(C4CCC4)s2)n2c-3cc3cc(Cl)ccc32)OC1(C)C.Fc1cc(Br)cc2c1-c1cc3cc(Cl)ccc3n1C(c1ccc(C3CCC3)s1)O2.Fc1cc(Br)cc2c1C1Cc3cc(Cl)ccc3N1C(c1ccc(C3CCC3)s1)O2.O=Cc1ccc(Br)s1.O=Cc1ccc(C2CCC2)s1.OC1(c2ccc(C3OCCO3)s2)CCC1. The van der Waals surface area contributed by atoms with Gasteiger partial charge in [0.1, 0.15) is 34.7 Å². The summed E-state index contributed by atoms with van der Waals surface area (Å²) < 4.78 is 107. The lowest BCUT2D eigenvalue weighted by Crippen LogP contribution is -2.41. The molecular weight excluding hydrogens is 2240 g/mol. The number of benzene rings is 6. The van der Waals surface area contributed by atoms with Gasteiger partial charge in [0, 0.05) is 64.9 Å². The Labute approximate surface area is 887 Å². The Kier molecular flexibility index (Phi) is 29.6. The van der Waals surface area contributed by atoms with Crippen LogP contribution < -0.4 is 24.6 Å². The number of carbonyl (C=O) groups excluding carboxylic acids is 2. The molecule has 12 aliphatic rings. The molecule has 3 saturated heterocycles. The molecule has 1 N–H and O–H groups in total. The first-order valence-electron chi connectivity index (χ1n) is 47.1. The molecule has 0 radical (unpaired) electrons. The number of rotatable bonds is 13. The molecule has 726 valence electrons. The van der Waals surface area contributed by atoms with E-state index in [0.29, 0.717) is 108 Å². The number of carbonyl (C=O) groups is 2. The van der Waals surface area contributed by atoms with Crippen molar-refractivity contribution in [3.8, 4) is 39.8 Å². The molecule has 4 atom stereocenters. The highest BCUT2D eigenvalue weighted by atomic mass is 79.9. The first-order chi connectivity index (χ1) is 67.6. The van der Waals surface area contributed by atoms with Gasteiger partial charge in [0.2, 0.25) is 18.7 Å². The van der Waals surface area contributed by atoms with Gasteiger partial charge in [-0.1, -0.05) is 92.3 Å². The van der Waals surface area contributed by atoms with Crippen LogP contribution in [0.1, 0.15) is 264 Å². The van der Waals surface area contributed by atoms with E-state index in [-0.39, 0.29) is 48.5 Å². The zero-order valence-corrected chi connectivity index (χ0v) is 90.8. The quantitative estimate of drug-likeness (QED) is 0.0862. The predicted octanol–water partition coefficient (Wildman–Crippen LogP) is 33.4. The van der Waals surface area contributed by atoms with E-state index in [1.165, 1.54) is 131 Å². The molecule has 0 amide bonds. The average molecular weight is 2330 g/mol. The fraction of sp³-hybridized carbons (Fsp3) is 0.346. The molecule has 8 fully saturated rings. The van der Waals surface area contributed by atoms with Crippen LogP contribution in [0.5, 0.6) is 17.2 Å². The number of aromatic nitrogens is 2. The van der Waals surface area contributed by atoms with E-state index >= 15 is 8.78 Å². The Balaban J connectivity index is 0.000000103. The van der Waals surface area contributed by atoms with Crippen molar-refractivity contribution in [2.75, 3.05) is 31.3 Å². The number of hydrogen-bond acceptors (Lipinski definition) is 20. The molecule has 15 nitrogen and oxygen atoms in total. The number of aldehydes is 2. The number of anilines is 1. The Morgan fingerprint density at radius 1 is 0.421 bits per heavy atom. The summed E-state index contributed by atoms with van der Waals surface area (Å²) in [5, 5.41) is 14.1. The summed E-state index contributed by atoms with van der Waals surface area (Å²) in [7, 11) is -0.676. The van der Waals surface area contributed by atoms with Gasteiger partial charge in [0.15, 0.2) is 25.2 Å². The zero-order chi connectivity index (χ0) is 96.7. The van der Waals surface area contributed by atoms with Crippen molar-refractivity contribution in [1.29, 1.82) is 0 Å². The summed E-state index contributed by atoms with van der Waals surface area (Å²) in [6.45, 7) is 10.7. The third kappa shape index (κ3) is 20.4. The number of fused-ring (bicyclic) bond motifs is 15. The molecule has 16 heterocycles. The van der Waals surface area contributed by atoms with Gasteiger partial charge in [0.05, 0.1) is 130 Å². The molecule has 0 bridgehead atoms. The van der Waals surface area contributed by atoms with Gasteiger partial charge in [-0.05, 0) is 359 Å². The highest BCUT2D eigenvalue weighted by molar-refractivity contribution is 9.11. The van der Waals surface area contributed by atoms with Crippen LogP contribution >= 0.6 is 178 Å². The number of nitrogens with zero attached hydrogens (tertiary/aromatic N) is 3. The third-order valence-electron chi connectivity index (χ3n) is 28.4. The van der Waals surface area contributed by atoms with Gasteiger partial charge < -0.3 is 52.5 Å². The number of thiophene rings is 7. The van der Waals surface area contributed by atoms with E-state index < -0.39 is 30.1 Å². The van der Waals surface area contributed by atoms with Crippen LogP contribution in [0.4, 0.5) is 18.9 Å². The van der Waals surface area contributed by atoms with Crippen molar-refractivity contribution in [2.24, 2.45) is 0 Å². The fourth-order valence-electron chi connectivity index (χ4n) is 19.3. The average Bonchev–Trinajstić information content (AvgIpc) is 1.57. The normalized spacial score (nSPS) is 20.4. The second-order valence-electron chi connectivity index (χ2n) is 37.8. The van der Waals surface area contributed by atoms with Gasteiger partial charge in [0.25, 0.3) is 0 Å². The zero-order valence-electron chi connectivity index (χ0n) is 76.5. The molecule has 27 rings (SSSR count). The van der Waals surface area contributed by atoms with E-state index in [1.54, 1.807) is 51.4 Å². The molecular formula is C107H96BBr4Cl3F3N3O12S7. The highest BCUT2D eigenvalue weighted by Crippen LogP contribution is 2.58. The van der Waals surface area contributed by atoms with Gasteiger partial charge in [-0.3, -0.25) is 18.7 Å². The number of aliphatic hydroxyl groups is 1. The first kappa shape index (κ1) is 99.2. The molecule has 0 spiro atoms. The van der Waals surface area contributed by atoms with Crippen molar-refractivity contribution < 1.29 is 70.3 Å². The third-order valence-corrected chi connectivity index (χ3v) is 39.5. The lowest BCUT2D eigenvalue weighted by atomic mass is 9.78. The minimum Gasteiger partial charge on any atom is -0.465 e. The second-order valence-corrected chi connectivity index (χ2v) is 51.6. The molecule has 33 heteroatoms. The van der Waals surface area contributed by atoms with E-state index in [9.17, 15) is 19.1 Å². The maximum atomic E-state index is 15.9. The molecule has 6 aromatic carbocycles. The Bertz CT molecular complexity index is 7100. The van der Waals surface area contributed by atoms with Gasteiger partial charge in [-0.15, -0.1) is 79.4 Å². The minimum absolute atomic E-state index is 0.0976. The molecule has 15 aromatic rings. The summed E-state index contributed by atoms with van der Waals surface area (Å²) in [4.78, 5) is 36.6. The number of hydrogen-bond donors (Lipinski definition) is 1. The van der Waals surface area contributed by atoms with Crippen LogP contribution in [-0.4, -0.2) is 71.6 Å². The van der Waals surface area contributed by atoms with Crippen molar-refractivity contribution in [1.82, 2.24) is 9.13 Å². The summed E-state index contributed by atoms with van der Waals surface area (Å²) in [5.74, 6) is 3.56. The Morgan fingerprint density at radius 3 is 1.31 bits per heavy atom. The van der Waals surface area contributed by atoms with Crippen LogP contribution in [0.25, 0.3) is 44.3 Å². The molecule has 5 saturated carbocycles. The maximum absolute atomic E-state index is 15.9. The van der Waals surface area contributed by atoms with Crippen LogP contribution in [0.2, 0.25) is 15.1 Å². The molecule has 7 aliphatic heterocycles. The summed E-state index contributed by atoms with van der Waals surface area (Å²) in [5.41, 5.74) is 6.35. The topological polar surface area (TPSA) is 151 Å². The Hall–Kier alpha value is -6.80. The molecule has 5 aliphatic carbocycles. The van der Waals surface area contributed by atoms with E-state index in [0.717, 1.165) is 130 Å². The predicted molar refractivity (Wildman–Crippen MR) is 573 cm³/mol. The lowest BCUT2D eigenvalue weighted by Gasteiger charge is -2.40. The minimum atomic E-state index is -0.676. The summed E-state index contributed by atoms with van der Waals surface area (Å²) in [6.07, 6.45) is 19.6. The standard InChI is InChI=1S/C29H28BClFNO3S.C23H18BrClFNOS.C23H16BrClFNOS.C11H14O3S.C9H10OS.C7H7BrO2S.C5H3BrOS/c1-28(2)29(3,4)36-30(35-28)18-14-20(32)26-22-13-17-12-19(31)8-9-21(17)33(22)27(34-23(26)15-18)25-11-10-24(37-25)16-6-5-7-16;2*24-14-10-16(26)22-18-9-13-8-15(25)4-5-17(13)27(18)23(28-19(22)11-14)21-7-6-20(29-21)12-2-1-3-12;12-11(4-1-5-11)9-3-2-8(15-9)10-13-6-7-14-10;10-6-8-4-5-9(11-8)7-2-1-3-7;8-6-2-1-5(11-6)7-9-3-4-10-7;6-5-2-1-4(3-7)8-5/h8-16,27H,5-7H2,1-4H3;4-8,10-12,18,23H,1-3,9H2;4-12,23H,1-3H2;2-3,10,12H,1,4-7H2;4-7H,1-3H2;1-2,7H,3-4H2;1-3H. The molecule has 4 unspecified atom stereocenters. The van der Waals surface area contributed by atoms with Crippen molar-refractivity contribution in [3.05, 3.63) is 307 Å². The maximum Gasteiger partial charge on any atom is 0.495 e. The summed E-state index contributed by atoms with van der Waals surface area (Å²) >= 11 is 44.0. The fourth-order valence-corrected chi connectivity index (χ4v) is 29.1. The van der Waals surface area contributed by atoms with Crippen LogP contribution in [0.3, 0.4) is 0 Å². The highest BCUT2D eigenvalue weighted by Gasteiger charge is 2.53. The van der Waals surface area contributed by atoms with Crippen LogP contribution in [0, 0.1) is 17.5 Å². The number of halogens is 10. The smallest absolute Gasteiger partial charge is 0.465 e. The first-order valence-corrected chi connectivity index (χ1v) is 57.1. The second kappa shape index (κ2) is 41.8. The molecule has 9 aromatic heterocycles. The van der Waals surface area contributed by atoms with Crippen molar-refractivity contribution in [3.63, 3.8) is 0 Å². The van der Waals surface area contributed by atoms with E-state index in [2.05, 4.69) is 120 Å². The summed E-state index contributed by atoms with van der Waals surface area (Å²) in [6, 6.07) is 60.4. The van der Waals surface area contributed by atoms with Gasteiger partial charge in [-0.2, -0.15) is 0 Å². The van der Waals surface area contributed by atoms with Crippen LogP contribution in [-0.2, 0) is 40.3 Å².